The summed E-state index contributed by atoms with van der Waals surface area (Å²) in [6.07, 6.45) is 2.69. The first-order chi connectivity index (χ1) is 6.52. The van der Waals surface area contributed by atoms with Gasteiger partial charge in [-0.05, 0) is 38.6 Å². The molecule has 0 heterocycles. The Morgan fingerprint density at radius 1 is 1.00 bits per heavy atom. The van der Waals surface area contributed by atoms with Crippen LogP contribution in [-0.2, 0) is 0 Å². The number of nitrogens with zero attached hydrogens (tertiary/aromatic N) is 1. The van der Waals surface area contributed by atoms with Crippen molar-refractivity contribution in [1.82, 2.24) is 4.90 Å². The molecular formula is C13H29N. The third-order valence-corrected chi connectivity index (χ3v) is 3.21. The van der Waals surface area contributed by atoms with Crippen LogP contribution in [0, 0.1) is 11.8 Å². The normalized spacial score (nSPS) is 14.4. The predicted molar refractivity (Wildman–Crippen MR) is 65.6 cm³/mol. The van der Waals surface area contributed by atoms with E-state index < -0.39 is 0 Å². The zero-order chi connectivity index (χ0) is 11.1. The van der Waals surface area contributed by atoms with E-state index in [0.717, 1.165) is 11.8 Å². The van der Waals surface area contributed by atoms with Gasteiger partial charge < -0.3 is 4.90 Å². The van der Waals surface area contributed by atoms with Crippen LogP contribution >= 0.6 is 0 Å². The first kappa shape index (κ1) is 14.0. The minimum Gasteiger partial charge on any atom is -0.301 e. The second-order valence-corrected chi connectivity index (χ2v) is 4.97. The van der Waals surface area contributed by atoms with Gasteiger partial charge in [-0.15, -0.1) is 0 Å². The fourth-order valence-electron chi connectivity index (χ4n) is 2.01. The summed E-state index contributed by atoms with van der Waals surface area (Å²) >= 11 is 0. The molecule has 86 valence electrons. The summed E-state index contributed by atoms with van der Waals surface area (Å²) in [5.74, 6) is 1.70. The van der Waals surface area contributed by atoms with Crippen molar-refractivity contribution >= 4 is 0 Å². The topological polar surface area (TPSA) is 3.24 Å². The Kier molecular flexibility index (Phi) is 7.26. The molecule has 0 aliphatic rings. The molecule has 1 atom stereocenters. The maximum absolute atomic E-state index is 2.58. The van der Waals surface area contributed by atoms with Gasteiger partial charge >= 0.3 is 0 Å². The number of hydrogen-bond donors (Lipinski definition) is 0. The molecule has 0 N–H and O–H groups in total. The molecular weight excluding hydrogens is 170 g/mol. The Morgan fingerprint density at radius 3 is 1.86 bits per heavy atom. The molecule has 0 spiro atoms. The van der Waals surface area contributed by atoms with Crippen LogP contribution in [0.2, 0.25) is 0 Å². The quantitative estimate of drug-likeness (QED) is 0.603. The largest absolute Gasteiger partial charge is 0.301 e. The van der Waals surface area contributed by atoms with Gasteiger partial charge in [-0.25, -0.2) is 0 Å². The molecule has 1 nitrogen and oxygen atoms in total. The SMILES string of the molecule is CCC[C@H](CN(CC)C(C)C)C(C)C. The van der Waals surface area contributed by atoms with E-state index in [-0.39, 0.29) is 0 Å². The van der Waals surface area contributed by atoms with Gasteiger partial charge in [-0.1, -0.05) is 34.1 Å². The highest BCUT2D eigenvalue weighted by atomic mass is 15.1. The third kappa shape index (κ3) is 4.99. The van der Waals surface area contributed by atoms with Crippen LogP contribution < -0.4 is 0 Å². The number of rotatable bonds is 7. The van der Waals surface area contributed by atoms with Gasteiger partial charge in [0.25, 0.3) is 0 Å². The summed E-state index contributed by atoms with van der Waals surface area (Å²) in [5.41, 5.74) is 0. The van der Waals surface area contributed by atoms with E-state index >= 15 is 0 Å². The van der Waals surface area contributed by atoms with Crippen LogP contribution in [0.3, 0.4) is 0 Å². The van der Waals surface area contributed by atoms with E-state index in [1.807, 2.05) is 0 Å². The van der Waals surface area contributed by atoms with E-state index in [1.165, 1.54) is 25.9 Å². The van der Waals surface area contributed by atoms with Crippen molar-refractivity contribution in [1.29, 1.82) is 0 Å². The minimum atomic E-state index is 0.693. The Bertz CT molecular complexity index is 129. The molecule has 0 aromatic heterocycles. The standard InChI is InChI=1S/C13H29N/c1-7-9-13(11(3)4)10-14(8-2)12(5)6/h11-13H,7-10H2,1-6H3/t13-/m1/s1. The molecule has 0 aromatic rings. The summed E-state index contributed by atoms with van der Waals surface area (Å²) < 4.78 is 0. The lowest BCUT2D eigenvalue weighted by atomic mass is 9.90. The van der Waals surface area contributed by atoms with Crippen LogP contribution in [0.25, 0.3) is 0 Å². The Labute approximate surface area is 90.9 Å². The van der Waals surface area contributed by atoms with E-state index in [0.29, 0.717) is 6.04 Å². The van der Waals surface area contributed by atoms with Crippen LogP contribution in [0.5, 0.6) is 0 Å². The maximum Gasteiger partial charge on any atom is 0.00385 e. The van der Waals surface area contributed by atoms with Gasteiger partial charge in [0.05, 0.1) is 0 Å². The van der Waals surface area contributed by atoms with Crippen molar-refractivity contribution in [3.05, 3.63) is 0 Å². The molecule has 1 heteroatoms. The first-order valence-electron chi connectivity index (χ1n) is 6.26. The van der Waals surface area contributed by atoms with E-state index in [1.54, 1.807) is 0 Å². The molecule has 0 bridgehead atoms. The highest BCUT2D eigenvalue weighted by Gasteiger charge is 2.17. The second kappa shape index (κ2) is 7.28. The molecule has 0 fully saturated rings. The van der Waals surface area contributed by atoms with E-state index in [4.69, 9.17) is 0 Å². The van der Waals surface area contributed by atoms with Gasteiger partial charge in [0.2, 0.25) is 0 Å². The van der Waals surface area contributed by atoms with Crippen molar-refractivity contribution in [3.63, 3.8) is 0 Å². The Morgan fingerprint density at radius 2 is 1.57 bits per heavy atom. The molecule has 0 aromatic carbocycles. The Balaban J connectivity index is 4.11. The van der Waals surface area contributed by atoms with Gasteiger partial charge in [0.1, 0.15) is 0 Å². The molecule has 0 amide bonds. The fraction of sp³-hybridized carbons (Fsp3) is 1.00. The molecule has 0 saturated carbocycles. The first-order valence-corrected chi connectivity index (χ1v) is 6.26. The van der Waals surface area contributed by atoms with Crippen molar-refractivity contribution in [3.8, 4) is 0 Å². The van der Waals surface area contributed by atoms with Crippen LogP contribution in [0.4, 0.5) is 0 Å². The van der Waals surface area contributed by atoms with Crippen LogP contribution in [0.15, 0.2) is 0 Å². The molecule has 0 rings (SSSR count). The van der Waals surface area contributed by atoms with Crippen molar-refractivity contribution in [2.45, 2.75) is 60.4 Å². The lowest BCUT2D eigenvalue weighted by molar-refractivity contribution is 0.166. The lowest BCUT2D eigenvalue weighted by Gasteiger charge is -2.31. The average Bonchev–Trinajstić information content (AvgIpc) is 2.11. The summed E-state index contributed by atoms with van der Waals surface area (Å²) in [7, 11) is 0. The summed E-state index contributed by atoms with van der Waals surface area (Å²) in [5, 5.41) is 0. The highest BCUT2D eigenvalue weighted by Crippen LogP contribution is 2.19. The average molecular weight is 199 g/mol. The molecule has 0 unspecified atom stereocenters. The fourth-order valence-corrected chi connectivity index (χ4v) is 2.01. The Hall–Kier alpha value is -0.0400. The van der Waals surface area contributed by atoms with Crippen molar-refractivity contribution in [2.75, 3.05) is 13.1 Å². The van der Waals surface area contributed by atoms with Gasteiger partial charge in [-0.3, -0.25) is 0 Å². The van der Waals surface area contributed by atoms with Crippen LogP contribution in [0.1, 0.15) is 54.4 Å². The third-order valence-electron chi connectivity index (χ3n) is 3.21. The monoisotopic (exact) mass is 199 g/mol. The van der Waals surface area contributed by atoms with Gasteiger partial charge in [-0.2, -0.15) is 0 Å². The number of hydrogen-bond acceptors (Lipinski definition) is 1. The molecule has 0 radical (unpaired) electrons. The van der Waals surface area contributed by atoms with Crippen molar-refractivity contribution < 1.29 is 0 Å². The predicted octanol–water partition coefficient (Wildman–Crippen LogP) is 3.79. The summed E-state index contributed by atoms with van der Waals surface area (Å²) in [4.78, 5) is 2.58. The molecule has 0 aliphatic heterocycles. The smallest absolute Gasteiger partial charge is 0.00385 e. The zero-order valence-electron chi connectivity index (χ0n) is 11.0. The lowest BCUT2D eigenvalue weighted by Crippen LogP contribution is -2.36. The van der Waals surface area contributed by atoms with E-state index in [9.17, 15) is 0 Å². The van der Waals surface area contributed by atoms with Gasteiger partial charge in [0.15, 0.2) is 0 Å². The molecule has 14 heavy (non-hydrogen) atoms. The molecule has 0 aliphatic carbocycles. The zero-order valence-corrected chi connectivity index (χ0v) is 11.0. The highest BCUT2D eigenvalue weighted by molar-refractivity contribution is 4.70. The van der Waals surface area contributed by atoms with E-state index in [2.05, 4.69) is 46.4 Å². The minimum absolute atomic E-state index is 0.693. The maximum atomic E-state index is 2.58. The summed E-state index contributed by atoms with van der Waals surface area (Å²) in [6, 6.07) is 0.693. The molecule has 0 saturated heterocycles. The summed E-state index contributed by atoms with van der Waals surface area (Å²) in [6.45, 7) is 16.3. The second-order valence-electron chi connectivity index (χ2n) is 4.97. The van der Waals surface area contributed by atoms with Gasteiger partial charge in [0, 0.05) is 12.6 Å². The van der Waals surface area contributed by atoms with Crippen molar-refractivity contribution in [2.24, 2.45) is 11.8 Å². The van der Waals surface area contributed by atoms with Crippen LogP contribution in [-0.4, -0.2) is 24.0 Å².